The van der Waals surface area contributed by atoms with Gasteiger partial charge in [-0.3, -0.25) is 4.79 Å². The lowest BCUT2D eigenvalue weighted by Gasteiger charge is -2.46. The maximum Gasteiger partial charge on any atom is 0.305 e. The largest absolute Gasteiger partial charge is 0.469 e. The molecular formula is C38H68O4Si2. The number of fused-ring (bicyclic) bond motifs is 1. The van der Waals surface area contributed by atoms with Gasteiger partial charge in [0.15, 0.2) is 16.6 Å². The Morgan fingerprint density at radius 2 is 1.64 bits per heavy atom. The van der Waals surface area contributed by atoms with Gasteiger partial charge in [-0.05, 0) is 122 Å². The second-order valence-electron chi connectivity index (χ2n) is 17.8. The zero-order valence-corrected chi connectivity index (χ0v) is 33.0. The van der Waals surface area contributed by atoms with Gasteiger partial charge in [-0.15, -0.1) is 0 Å². The highest BCUT2D eigenvalue weighted by atomic mass is 28.4. The van der Waals surface area contributed by atoms with Crippen LogP contribution in [0, 0.1) is 23.2 Å². The molecule has 0 amide bonds. The lowest BCUT2D eigenvalue weighted by atomic mass is 9.60. The molecule has 0 aromatic rings. The first-order valence-corrected chi connectivity index (χ1v) is 23.5. The fourth-order valence-corrected chi connectivity index (χ4v) is 10.5. The minimum atomic E-state index is -1.98. The first-order chi connectivity index (χ1) is 20.1. The van der Waals surface area contributed by atoms with E-state index in [-0.39, 0.29) is 28.3 Å². The average molecular weight is 645 g/mol. The van der Waals surface area contributed by atoms with Crippen LogP contribution in [-0.2, 0) is 18.4 Å². The molecule has 0 aliphatic heterocycles. The van der Waals surface area contributed by atoms with Gasteiger partial charge in [0.2, 0.25) is 0 Å². The van der Waals surface area contributed by atoms with E-state index in [2.05, 4.69) is 100 Å². The van der Waals surface area contributed by atoms with Crippen LogP contribution in [0.5, 0.6) is 0 Å². The Hall–Kier alpha value is -0.956. The number of allylic oxidation sites excluding steroid dienone is 3. The summed E-state index contributed by atoms with van der Waals surface area (Å²) in [6, 6.07) is 0. The van der Waals surface area contributed by atoms with Gasteiger partial charge >= 0.3 is 5.97 Å². The minimum Gasteiger partial charge on any atom is -0.469 e. The van der Waals surface area contributed by atoms with E-state index < -0.39 is 16.6 Å². The Bertz CT molecular complexity index is 1090. The average Bonchev–Trinajstić information content (AvgIpc) is 3.25. The van der Waals surface area contributed by atoms with E-state index in [0.717, 1.165) is 31.6 Å². The molecular weight excluding hydrogens is 577 g/mol. The predicted molar refractivity (Wildman–Crippen MR) is 192 cm³/mol. The Kier molecular flexibility index (Phi) is 12.0. The molecule has 0 unspecified atom stereocenters. The summed E-state index contributed by atoms with van der Waals surface area (Å²) >= 11 is 0. The molecule has 3 saturated carbocycles. The van der Waals surface area contributed by atoms with Crippen LogP contribution in [0.2, 0.25) is 36.3 Å². The Morgan fingerprint density at radius 3 is 2.23 bits per heavy atom. The van der Waals surface area contributed by atoms with Crippen LogP contribution >= 0.6 is 0 Å². The number of ether oxygens (including phenoxy) is 1. The molecule has 4 nitrogen and oxygen atoms in total. The van der Waals surface area contributed by atoms with E-state index in [1.54, 1.807) is 5.57 Å². The molecule has 3 fully saturated rings. The van der Waals surface area contributed by atoms with Crippen molar-refractivity contribution in [2.24, 2.45) is 23.2 Å². The molecule has 3 rings (SSSR count). The summed E-state index contributed by atoms with van der Waals surface area (Å²) < 4.78 is 19.0. The first kappa shape index (κ1) is 37.5. The van der Waals surface area contributed by atoms with Gasteiger partial charge in [0.05, 0.1) is 19.3 Å². The van der Waals surface area contributed by atoms with Crippen molar-refractivity contribution in [2.45, 2.75) is 168 Å². The molecule has 0 spiro atoms. The van der Waals surface area contributed by atoms with Crippen LogP contribution in [0.1, 0.15) is 120 Å². The fraction of sp³-hybridized carbons (Fsp3) is 0.816. The maximum absolute atomic E-state index is 11.7. The number of carbonyl (C=O) groups excluding carboxylic acids is 1. The summed E-state index contributed by atoms with van der Waals surface area (Å²) in [5.74, 6) is 1.92. The molecule has 44 heavy (non-hydrogen) atoms. The van der Waals surface area contributed by atoms with Gasteiger partial charge in [0.25, 0.3) is 0 Å². The third-order valence-corrected chi connectivity index (χ3v) is 21.7. The number of methoxy groups -OCH3 is 1. The molecule has 0 N–H and O–H groups in total. The standard InChI is InChI=1S/C38H68O4Si2/c1-27(17-15-19-35(39)40-10)32-22-23-33-29(18-16-24-38(32,33)9)20-21-30-25-31(41-43(11,12)36(3,4)5)26-34(28(30)2)42-44(13,14)37(6,7)8/h20-21,27,31-34H,2,15-19,22-26H2,1,3-14H3/b29-20+,30-21+/t27-,31+,32-,33+,34+,38+/m0/s1. The van der Waals surface area contributed by atoms with Crippen LogP contribution < -0.4 is 0 Å². The van der Waals surface area contributed by atoms with Crippen LogP contribution in [-0.4, -0.2) is 41.9 Å². The van der Waals surface area contributed by atoms with E-state index in [9.17, 15) is 4.79 Å². The molecule has 0 bridgehead atoms. The highest BCUT2D eigenvalue weighted by molar-refractivity contribution is 6.74. The molecule has 0 aromatic heterocycles. The summed E-state index contributed by atoms with van der Waals surface area (Å²) in [4.78, 5) is 11.7. The normalized spacial score (nSPS) is 31.3. The molecule has 0 radical (unpaired) electrons. The lowest BCUT2D eigenvalue weighted by molar-refractivity contribution is -0.140. The topological polar surface area (TPSA) is 44.8 Å². The summed E-state index contributed by atoms with van der Waals surface area (Å²) in [6.45, 7) is 33.1. The van der Waals surface area contributed by atoms with Crippen LogP contribution in [0.4, 0.5) is 0 Å². The van der Waals surface area contributed by atoms with E-state index in [1.807, 2.05) is 0 Å². The van der Waals surface area contributed by atoms with Crippen LogP contribution in [0.15, 0.2) is 35.5 Å². The summed E-state index contributed by atoms with van der Waals surface area (Å²) in [6.07, 6.45) is 15.9. The highest BCUT2D eigenvalue weighted by Gasteiger charge is 2.50. The van der Waals surface area contributed by atoms with E-state index in [1.165, 1.54) is 50.4 Å². The van der Waals surface area contributed by atoms with Crippen LogP contribution in [0.25, 0.3) is 0 Å². The molecule has 6 heteroatoms. The van der Waals surface area contributed by atoms with Crippen molar-refractivity contribution in [3.8, 4) is 0 Å². The van der Waals surface area contributed by atoms with Gasteiger partial charge in [0, 0.05) is 12.8 Å². The van der Waals surface area contributed by atoms with Crippen molar-refractivity contribution in [1.82, 2.24) is 0 Å². The molecule has 0 saturated heterocycles. The number of rotatable bonds is 10. The van der Waals surface area contributed by atoms with Crippen LogP contribution in [0.3, 0.4) is 0 Å². The van der Waals surface area contributed by atoms with Gasteiger partial charge in [-0.1, -0.05) is 79.7 Å². The second kappa shape index (κ2) is 14.0. The smallest absolute Gasteiger partial charge is 0.305 e. The Balaban J connectivity index is 1.86. The SMILES string of the molecule is C=C1/C(=C/C=C2\CCC[C@@]3(C)[C@@H]2CC[C@H]3[C@@H](C)CCCC(=O)OC)C[C@@H](O[Si](C)(C)C(C)(C)C)C[C@H]1O[Si](C)(C)C(C)(C)C. The van der Waals surface area contributed by atoms with Crippen molar-refractivity contribution in [2.75, 3.05) is 7.11 Å². The fourth-order valence-electron chi connectivity index (χ4n) is 7.85. The number of hydrogen-bond acceptors (Lipinski definition) is 4. The molecule has 0 aromatic carbocycles. The number of esters is 1. The lowest BCUT2D eigenvalue weighted by Crippen LogP contribution is -2.49. The van der Waals surface area contributed by atoms with Crippen molar-refractivity contribution in [3.63, 3.8) is 0 Å². The molecule has 6 atom stereocenters. The second-order valence-corrected chi connectivity index (χ2v) is 27.3. The van der Waals surface area contributed by atoms with Gasteiger partial charge in [0.1, 0.15) is 0 Å². The van der Waals surface area contributed by atoms with Gasteiger partial charge in [-0.2, -0.15) is 0 Å². The minimum absolute atomic E-state index is 0.0161. The molecule has 3 aliphatic carbocycles. The van der Waals surface area contributed by atoms with Crippen molar-refractivity contribution in [1.29, 1.82) is 0 Å². The van der Waals surface area contributed by atoms with Gasteiger partial charge in [-0.25, -0.2) is 0 Å². The van der Waals surface area contributed by atoms with E-state index >= 15 is 0 Å². The maximum atomic E-state index is 11.7. The highest BCUT2D eigenvalue weighted by Crippen LogP contribution is 2.60. The summed E-state index contributed by atoms with van der Waals surface area (Å²) in [5, 5.41) is 0.319. The van der Waals surface area contributed by atoms with Crippen molar-refractivity contribution >= 4 is 22.6 Å². The third kappa shape index (κ3) is 8.49. The van der Waals surface area contributed by atoms with Crippen molar-refractivity contribution in [3.05, 3.63) is 35.5 Å². The number of hydrogen-bond donors (Lipinski definition) is 0. The Labute approximate surface area is 274 Å². The Morgan fingerprint density at radius 1 is 1.02 bits per heavy atom. The molecule has 3 aliphatic rings. The predicted octanol–water partition coefficient (Wildman–Crippen LogP) is 11.2. The number of carbonyl (C=O) groups is 1. The summed E-state index contributed by atoms with van der Waals surface area (Å²) in [5.41, 5.74) is 4.48. The van der Waals surface area contributed by atoms with E-state index in [4.69, 9.17) is 13.6 Å². The summed E-state index contributed by atoms with van der Waals surface area (Å²) in [7, 11) is -2.42. The monoisotopic (exact) mass is 644 g/mol. The zero-order chi connectivity index (χ0) is 33.3. The molecule has 0 heterocycles. The third-order valence-electron chi connectivity index (χ3n) is 12.7. The quantitative estimate of drug-likeness (QED) is 0.175. The van der Waals surface area contributed by atoms with Crippen molar-refractivity contribution < 1.29 is 18.4 Å². The van der Waals surface area contributed by atoms with E-state index in [0.29, 0.717) is 23.7 Å². The van der Waals surface area contributed by atoms with Gasteiger partial charge < -0.3 is 13.6 Å². The zero-order valence-electron chi connectivity index (χ0n) is 31.0. The molecule has 252 valence electrons. The first-order valence-electron chi connectivity index (χ1n) is 17.6.